The molecule has 7 heavy (non-hydrogen) atoms. The van der Waals surface area contributed by atoms with Crippen molar-refractivity contribution in [1.29, 1.82) is 0 Å². The lowest BCUT2D eigenvalue weighted by Crippen LogP contribution is -1.97. The highest BCUT2D eigenvalue weighted by Gasteiger charge is 1.89. The van der Waals surface area contributed by atoms with Crippen LogP contribution >= 0.6 is 0 Å². The number of hydrogen-bond acceptors (Lipinski definition) is 1. The second-order valence-electron chi connectivity index (χ2n) is 1.61. The lowest BCUT2D eigenvalue weighted by atomic mass is 10.1. The number of rotatable bonds is 0. The first kappa shape index (κ1) is 4.44. The standard InChI is InChI=1S/C6H8N/c7-6-4-2-1-3-5-6/h1-2H,3,5,7H2. The van der Waals surface area contributed by atoms with Crippen molar-refractivity contribution >= 4 is 0 Å². The van der Waals surface area contributed by atoms with Crippen LogP contribution in [0.2, 0.25) is 0 Å². The molecule has 0 unspecified atom stereocenters. The molecule has 1 aliphatic carbocycles. The SMILES string of the molecule is NC1=[C]C=CCC1. The van der Waals surface area contributed by atoms with Gasteiger partial charge in [0.25, 0.3) is 0 Å². The molecule has 2 N–H and O–H groups in total. The van der Waals surface area contributed by atoms with Gasteiger partial charge in [0.05, 0.1) is 0 Å². The zero-order valence-corrected chi connectivity index (χ0v) is 4.15. The molecule has 1 rings (SSSR count). The Morgan fingerprint density at radius 1 is 1.71 bits per heavy atom. The number of hydrogen-bond donors (Lipinski definition) is 1. The van der Waals surface area contributed by atoms with Crippen LogP contribution < -0.4 is 5.73 Å². The molecule has 0 aliphatic heterocycles. The van der Waals surface area contributed by atoms with Crippen molar-refractivity contribution in [3.8, 4) is 0 Å². The van der Waals surface area contributed by atoms with Crippen LogP contribution in [0, 0.1) is 6.08 Å². The van der Waals surface area contributed by atoms with Gasteiger partial charge in [-0.25, -0.2) is 0 Å². The summed E-state index contributed by atoms with van der Waals surface area (Å²) >= 11 is 0. The van der Waals surface area contributed by atoms with Gasteiger partial charge in [0.2, 0.25) is 0 Å². The summed E-state index contributed by atoms with van der Waals surface area (Å²) < 4.78 is 0. The molecule has 1 aliphatic rings. The van der Waals surface area contributed by atoms with E-state index < -0.39 is 0 Å². The van der Waals surface area contributed by atoms with Gasteiger partial charge in [0.1, 0.15) is 0 Å². The lowest BCUT2D eigenvalue weighted by molar-refractivity contribution is 0.936. The Balaban J connectivity index is 2.57. The van der Waals surface area contributed by atoms with Crippen LogP contribution in [0.3, 0.4) is 0 Å². The molecule has 0 aromatic rings. The Hall–Kier alpha value is -0.720. The summed E-state index contributed by atoms with van der Waals surface area (Å²) in [5.41, 5.74) is 6.27. The van der Waals surface area contributed by atoms with Gasteiger partial charge < -0.3 is 5.73 Å². The van der Waals surface area contributed by atoms with Gasteiger partial charge in [-0.3, -0.25) is 0 Å². The molecular formula is C6H8N. The topological polar surface area (TPSA) is 26.0 Å². The molecule has 0 bridgehead atoms. The Labute approximate surface area is 43.5 Å². The Morgan fingerprint density at radius 2 is 2.57 bits per heavy atom. The van der Waals surface area contributed by atoms with Crippen LogP contribution in [0.15, 0.2) is 17.8 Å². The summed E-state index contributed by atoms with van der Waals surface area (Å²) in [5, 5.41) is 0. The van der Waals surface area contributed by atoms with E-state index in [2.05, 4.69) is 12.2 Å². The molecule has 0 heterocycles. The normalized spacial score (nSPS) is 19.1. The molecule has 0 spiro atoms. The smallest absolute Gasteiger partial charge is 0.0164 e. The van der Waals surface area contributed by atoms with E-state index >= 15 is 0 Å². The Bertz CT molecular complexity index is 111. The zero-order chi connectivity index (χ0) is 5.11. The largest absolute Gasteiger partial charge is 0.402 e. The molecule has 0 saturated carbocycles. The third-order valence-corrected chi connectivity index (χ3v) is 0.967. The highest BCUT2D eigenvalue weighted by molar-refractivity contribution is 5.08. The van der Waals surface area contributed by atoms with Crippen molar-refractivity contribution in [2.75, 3.05) is 0 Å². The van der Waals surface area contributed by atoms with E-state index in [1.54, 1.807) is 0 Å². The molecule has 1 heteroatoms. The molecule has 1 nitrogen and oxygen atoms in total. The molecule has 0 atom stereocenters. The van der Waals surface area contributed by atoms with Gasteiger partial charge in [-0.05, 0) is 12.8 Å². The second kappa shape index (κ2) is 1.82. The van der Waals surface area contributed by atoms with Crippen LogP contribution in [-0.4, -0.2) is 0 Å². The molecule has 37 valence electrons. The fourth-order valence-electron chi connectivity index (χ4n) is 0.560. The summed E-state index contributed by atoms with van der Waals surface area (Å²) in [6.45, 7) is 0. The minimum atomic E-state index is 0.877. The van der Waals surface area contributed by atoms with E-state index in [-0.39, 0.29) is 0 Å². The highest BCUT2D eigenvalue weighted by atomic mass is 14.6. The molecule has 0 aromatic carbocycles. The maximum Gasteiger partial charge on any atom is 0.0164 e. The molecule has 0 amide bonds. The minimum absolute atomic E-state index is 0.877. The van der Waals surface area contributed by atoms with Crippen LogP contribution in [0.5, 0.6) is 0 Å². The first-order chi connectivity index (χ1) is 3.39. The average molecular weight is 94.1 g/mol. The lowest BCUT2D eigenvalue weighted by Gasteiger charge is -1.98. The van der Waals surface area contributed by atoms with Crippen LogP contribution in [-0.2, 0) is 0 Å². The van der Waals surface area contributed by atoms with Gasteiger partial charge in [0.15, 0.2) is 0 Å². The third-order valence-electron chi connectivity index (χ3n) is 0.967. The third kappa shape index (κ3) is 1.07. The van der Waals surface area contributed by atoms with Crippen molar-refractivity contribution in [2.45, 2.75) is 12.8 Å². The van der Waals surface area contributed by atoms with E-state index in [0.29, 0.717) is 0 Å². The van der Waals surface area contributed by atoms with Crippen molar-refractivity contribution in [2.24, 2.45) is 5.73 Å². The Kier molecular flexibility index (Phi) is 1.16. The van der Waals surface area contributed by atoms with Gasteiger partial charge in [-0.15, -0.1) is 0 Å². The van der Waals surface area contributed by atoms with Crippen molar-refractivity contribution < 1.29 is 0 Å². The number of allylic oxidation sites excluding steroid dienone is 4. The summed E-state index contributed by atoms with van der Waals surface area (Å²) in [7, 11) is 0. The van der Waals surface area contributed by atoms with Gasteiger partial charge >= 0.3 is 0 Å². The number of nitrogens with two attached hydrogens (primary N) is 1. The van der Waals surface area contributed by atoms with Crippen molar-refractivity contribution in [3.05, 3.63) is 23.9 Å². The van der Waals surface area contributed by atoms with E-state index in [1.165, 1.54) is 0 Å². The van der Waals surface area contributed by atoms with Crippen LogP contribution in [0.4, 0.5) is 0 Å². The highest BCUT2D eigenvalue weighted by Crippen LogP contribution is 2.03. The minimum Gasteiger partial charge on any atom is -0.402 e. The van der Waals surface area contributed by atoms with Crippen LogP contribution in [0.1, 0.15) is 12.8 Å². The first-order valence-electron chi connectivity index (χ1n) is 2.42. The second-order valence-corrected chi connectivity index (χ2v) is 1.61. The van der Waals surface area contributed by atoms with Gasteiger partial charge in [-0.1, -0.05) is 12.2 Å². The summed E-state index contributed by atoms with van der Waals surface area (Å²) in [6.07, 6.45) is 8.90. The molecular weight excluding hydrogens is 86.1 g/mol. The van der Waals surface area contributed by atoms with E-state index in [0.717, 1.165) is 18.5 Å². The van der Waals surface area contributed by atoms with Crippen LogP contribution in [0.25, 0.3) is 0 Å². The summed E-state index contributed by atoms with van der Waals surface area (Å²) in [5.74, 6) is 0. The predicted octanol–water partition coefficient (Wildman–Crippen LogP) is 0.982. The molecule has 0 fully saturated rings. The van der Waals surface area contributed by atoms with Gasteiger partial charge in [-0.2, -0.15) is 0 Å². The van der Waals surface area contributed by atoms with Gasteiger partial charge in [0, 0.05) is 11.8 Å². The van der Waals surface area contributed by atoms with Crippen molar-refractivity contribution in [3.63, 3.8) is 0 Å². The molecule has 0 aromatic heterocycles. The van der Waals surface area contributed by atoms with E-state index in [4.69, 9.17) is 5.73 Å². The monoisotopic (exact) mass is 94.1 g/mol. The maximum atomic E-state index is 5.39. The summed E-state index contributed by atoms with van der Waals surface area (Å²) in [6, 6.07) is 0. The maximum absolute atomic E-state index is 5.39. The van der Waals surface area contributed by atoms with Crippen molar-refractivity contribution in [1.82, 2.24) is 0 Å². The fraction of sp³-hybridized carbons (Fsp3) is 0.333. The summed E-state index contributed by atoms with van der Waals surface area (Å²) in [4.78, 5) is 0. The van der Waals surface area contributed by atoms with E-state index in [9.17, 15) is 0 Å². The fourth-order valence-corrected chi connectivity index (χ4v) is 0.560. The van der Waals surface area contributed by atoms with E-state index in [1.807, 2.05) is 6.08 Å². The quantitative estimate of drug-likeness (QED) is 0.475. The average Bonchev–Trinajstić information content (AvgIpc) is 1.69. The predicted molar refractivity (Wildman–Crippen MR) is 29.3 cm³/mol. The molecule has 0 saturated heterocycles. The first-order valence-corrected chi connectivity index (χ1v) is 2.42. The molecule has 1 radical (unpaired) electrons. The zero-order valence-electron chi connectivity index (χ0n) is 4.15. The Morgan fingerprint density at radius 3 is 2.86 bits per heavy atom.